The molecule has 2 atom stereocenters. The smallest absolute Gasteiger partial charge is 0.0752 e. The van der Waals surface area contributed by atoms with Crippen molar-refractivity contribution in [1.29, 1.82) is 0 Å². The fraction of sp³-hybridized carbons (Fsp3) is 0.875. The Bertz CT molecular complexity index is 211. The lowest BCUT2D eigenvalue weighted by Gasteiger charge is -2.35. The standard InChI is InChI=1S/C16H31NO/c1-4-6-12-15(17-13-5-2)16(18-3)14-10-8-7-9-11-14/h4,14-17H,1,5-13H2,2-3H3. The molecule has 1 rings (SSSR count). The van der Waals surface area contributed by atoms with Crippen LogP contribution in [0.5, 0.6) is 0 Å². The average Bonchev–Trinajstić information content (AvgIpc) is 2.43. The van der Waals surface area contributed by atoms with Crippen molar-refractivity contribution in [2.24, 2.45) is 5.92 Å². The summed E-state index contributed by atoms with van der Waals surface area (Å²) in [6.07, 6.45) is 12.7. The zero-order valence-electron chi connectivity index (χ0n) is 12.3. The van der Waals surface area contributed by atoms with E-state index < -0.39 is 0 Å². The molecule has 1 aliphatic carbocycles. The number of rotatable bonds is 9. The van der Waals surface area contributed by atoms with Crippen LogP contribution in [0.4, 0.5) is 0 Å². The third-order valence-electron chi connectivity index (χ3n) is 4.12. The predicted octanol–water partition coefficient (Wildman–Crippen LogP) is 3.92. The summed E-state index contributed by atoms with van der Waals surface area (Å²) in [5, 5.41) is 3.68. The van der Waals surface area contributed by atoms with Crippen molar-refractivity contribution < 1.29 is 4.74 Å². The molecular formula is C16H31NO. The normalized spacial score (nSPS) is 20.6. The van der Waals surface area contributed by atoms with Gasteiger partial charge in [0.1, 0.15) is 0 Å². The fourth-order valence-corrected chi connectivity index (χ4v) is 3.16. The second-order valence-corrected chi connectivity index (χ2v) is 5.53. The molecule has 0 heterocycles. The van der Waals surface area contributed by atoms with Crippen LogP contribution in [0.2, 0.25) is 0 Å². The number of hydrogen-bond acceptors (Lipinski definition) is 2. The van der Waals surface area contributed by atoms with Gasteiger partial charge in [0.25, 0.3) is 0 Å². The quantitative estimate of drug-likeness (QED) is 0.629. The highest BCUT2D eigenvalue weighted by atomic mass is 16.5. The van der Waals surface area contributed by atoms with Crippen molar-refractivity contribution in [2.75, 3.05) is 13.7 Å². The van der Waals surface area contributed by atoms with Gasteiger partial charge in [-0.25, -0.2) is 0 Å². The lowest BCUT2D eigenvalue weighted by molar-refractivity contribution is 0.00639. The van der Waals surface area contributed by atoms with E-state index in [0.29, 0.717) is 12.1 Å². The molecule has 1 fully saturated rings. The molecule has 1 saturated carbocycles. The van der Waals surface area contributed by atoms with Gasteiger partial charge < -0.3 is 10.1 Å². The maximum Gasteiger partial charge on any atom is 0.0752 e. The molecule has 1 N–H and O–H groups in total. The minimum absolute atomic E-state index is 0.386. The van der Waals surface area contributed by atoms with Gasteiger partial charge in [-0.1, -0.05) is 32.3 Å². The van der Waals surface area contributed by atoms with Crippen molar-refractivity contribution in [1.82, 2.24) is 5.32 Å². The van der Waals surface area contributed by atoms with Gasteiger partial charge in [0.15, 0.2) is 0 Å². The van der Waals surface area contributed by atoms with Gasteiger partial charge in [-0.15, -0.1) is 6.58 Å². The van der Waals surface area contributed by atoms with E-state index in [1.807, 2.05) is 13.2 Å². The van der Waals surface area contributed by atoms with Gasteiger partial charge in [0, 0.05) is 13.2 Å². The topological polar surface area (TPSA) is 21.3 Å². The number of ether oxygens (including phenoxy) is 1. The lowest BCUT2D eigenvalue weighted by Crippen LogP contribution is -2.45. The summed E-state index contributed by atoms with van der Waals surface area (Å²) < 4.78 is 5.85. The number of allylic oxidation sites excluding steroid dienone is 1. The maximum absolute atomic E-state index is 5.85. The molecule has 0 radical (unpaired) electrons. The van der Waals surface area contributed by atoms with Gasteiger partial charge >= 0.3 is 0 Å². The van der Waals surface area contributed by atoms with Crippen LogP contribution in [0.3, 0.4) is 0 Å². The molecule has 0 saturated heterocycles. The number of methoxy groups -OCH3 is 1. The highest BCUT2D eigenvalue weighted by molar-refractivity contribution is 4.86. The van der Waals surface area contributed by atoms with Crippen LogP contribution in [-0.2, 0) is 4.74 Å². The Hall–Kier alpha value is -0.340. The van der Waals surface area contributed by atoms with Crippen molar-refractivity contribution in [3.63, 3.8) is 0 Å². The van der Waals surface area contributed by atoms with Gasteiger partial charge in [-0.2, -0.15) is 0 Å². The first-order valence-electron chi connectivity index (χ1n) is 7.70. The maximum atomic E-state index is 5.85. The Morgan fingerprint density at radius 2 is 2.06 bits per heavy atom. The van der Waals surface area contributed by atoms with E-state index in [0.717, 1.165) is 25.3 Å². The molecule has 2 heteroatoms. The van der Waals surface area contributed by atoms with E-state index in [2.05, 4.69) is 18.8 Å². The molecule has 18 heavy (non-hydrogen) atoms. The van der Waals surface area contributed by atoms with E-state index >= 15 is 0 Å². The number of hydrogen-bond donors (Lipinski definition) is 1. The molecule has 0 aromatic carbocycles. The van der Waals surface area contributed by atoms with E-state index in [-0.39, 0.29) is 0 Å². The van der Waals surface area contributed by atoms with Gasteiger partial charge in [0.05, 0.1) is 6.10 Å². The summed E-state index contributed by atoms with van der Waals surface area (Å²) in [5.74, 6) is 0.753. The molecule has 0 amide bonds. The summed E-state index contributed by atoms with van der Waals surface area (Å²) >= 11 is 0. The van der Waals surface area contributed by atoms with Crippen LogP contribution in [0.1, 0.15) is 58.3 Å². The van der Waals surface area contributed by atoms with Crippen molar-refractivity contribution in [3.05, 3.63) is 12.7 Å². The number of nitrogens with one attached hydrogen (secondary N) is 1. The summed E-state index contributed by atoms with van der Waals surface area (Å²) in [7, 11) is 1.88. The van der Waals surface area contributed by atoms with Crippen LogP contribution in [0.15, 0.2) is 12.7 Å². The van der Waals surface area contributed by atoms with Crippen LogP contribution in [-0.4, -0.2) is 25.8 Å². The van der Waals surface area contributed by atoms with Crippen LogP contribution < -0.4 is 5.32 Å². The van der Waals surface area contributed by atoms with E-state index in [1.165, 1.54) is 38.5 Å². The molecule has 0 bridgehead atoms. The zero-order chi connectivity index (χ0) is 13.2. The SMILES string of the molecule is C=CCCC(NCCC)C(OC)C1CCCCC1. The molecule has 2 nitrogen and oxygen atoms in total. The van der Waals surface area contributed by atoms with E-state index in [1.54, 1.807) is 0 Å². The summed E-state index contributed by atoms with van der Waals surface area (Å²) in [5.41, 5.74) is 0. The summed E-state index contributed by atoms with van der Waals surface area (Å²) in [4.78, 5) is 0. The Kier molecular flexibility index (Phi) is 8.36. The Labute approximate surface area is 113 Å². The van der Waals surface area contributed by atoms with E-state index in [4.69, 9.17) is 4.74 Å². The minimum atomic E-state index is 0.386. The minimum Gasteiger partial charge on any atom is -0.380 e. The van der Waals surface area contributed by atoms with Gasteiger partial charge in [-0.3, -0.25) is 0 Å². The third kappa shape index (κ3) is 5.11. The van der Waals surface area contributed by atoms with Crippen molar-refractivity contribution in [3.8, 4) is 0 Å². The lowest BCUT2D eigenvalue weighted by atomic mass is 9.81. The molecule has 0 spiro atoms. The third-order valence-corrected chi connectivity index (χ3v) is 4.12. The molecule has 0 aromatic rings. The van der Waals surface area contributed by atoms with E-state index in [9.17, 15) is 0 Å². The first-order valence-corrected chi connectivity index (χ1v) is 7.70. The molecule has 0 aromatic heterocycles. The highest BCUT2D eigenvalue weighted by Crippen LogP contribution is 2.30. The highest BCUT2D eigenvalue weighted by Gasteiger charge is 2.29. The second-order valence-electron chi connectivity index (χ2n) is 5.53. The van der Waals surface area contributed by atoms with Gasteiger partial charge in [0.2, 0.25) is 0 Å². The monoisotopic (exact) mass is 253 g/mol. The zero-order valence-corrected chi connectivity index (χ0v) is 12.3. The largest absolute Gasteiger partial charge is 0.380 e. The Balaban J connectivity index is 2.55. The predicted molar refractivity (Wildman–Crippen MR) is 78.9 cm³/mol. The van der Waals surface area contributed by atoms with Crippen LogP contribution in [0.25, 0.3) is 0 Å². The first kappa shape index (κ1) is 15.7. The molecular weight excluding hydrogens is 222 g/mol. The second kappa shape index (κ2) is 9.57. The molecule has 1 aliphatic rings. The summed E-state index contributed by atoms with van der Waals surface area (Å²) in [6, 6.07) is 0.496. The van der Waals surface area contributed by atoms with Crippen LogP contribution >= 0.6 is 0 Å². The van der Waals surface area contributed by atoms with Crippen LogP contribution in [0, 0.1) is 5.92 Å². The van der Waals surface area contributed by atoms with Gasteiger partial charge in [-0.05, 0) is 44.6 Å². The molecule has 0 aliphatic heterocycles. The average molecular weight is 253 g/mol. The first-order chi connectivity index (χ1) is 8.83. The summed E-state index contributed by atoms with van der Waals surface area (Å²) in [6.45, 7) is 7.16. The van der Waals surface area contributed by atoms with Crippen molar-refractivity contribution in [2.45, 2.75) is 70.4 Å². The fourth-order valence-electron chi connectivity index (χ4n) is 3.16. The Morgan fingerprint density at radius 3 is 2.61 bits per heavy atom. The molecule has 106 valence electrons. The van der Waals surface area contributed by atoms with Crippen molar-refractivity contribution >= 4 is 0 Å². The molecule has 2 unspecified atom stereocenters. The Morgan fingerprint density at radius 1 is 1.33 bits per heavy atom.